The summed E-state index contributed by atoms with van der Waals surface area (Å²) in [5, 5.41) is 9.93. The summed E-state index contributed by atoms with van der Waals surface area (Å²) < 4.78 is 12.9. The van der Waals surface area contributed by atoms with E-state index in [1.807, 2.05) is 0 Å². The van der Waals surface area contributed by atoms with Crippen molar-refractivity contribution < 1.29 is 9.50 Å². The first-order valence-corrected chi connectivity index (χ1v) is 4.84. The van der Waals surface area contributed by atoms with Crippen LogP contribution in [-0.4, -0.2) is 10.6 Å². The van der Waals surface area contributed by atoms with Crippen molar-refractivity contribution in [3.8, 4) is 0 Å². The molecule has 2 nitrogen and oxygen atoms in total. The summed E-state index contributed by atoms with van der Waals surface area (Å²) in [6.45, 7) is 0. The van der Waals surface area contributed by atoms with Crippen molar-refractivity contribution >= 4 is 0 Å². The van der Waals surface area contributed by atoms with Gasteiger partial charge in [-0.15, -0.1) is 0 Å². The van der Waals surface area contributed by atoms with Gasteiger partial charge in [0.05, 0.1) is 6.10 Å². The number of rotatable bonds is 2. The molecule has 14 heavy (non-hydrogen) atoms. The normalized spacial score (nSPS) is 21.4. The number of nitrogens with two attached hydrogens (primary N) is 1. The van der Waals surface area contributed by atoms with Gasteiger partial charge in [0, 0.05) is 5.54 Å². The molecule has 0 spiro atoms. The van der Waals surface area contributed by atoms with Crippen LogP contribution in [0.4, 0.5) is 4.39 Å². The Morgan fingerprint density at radius 1 is 1.43 bits per heavy atom. The maximum absolute atomic E-state index is 12.9. The highest BCUT2D eigenvalue weighted by atomic mass is 19.1. The predicted molar refractivity (Wildman–Crippen MR) is 52.1 cm³/mol. The van der Waals surface area contributed by atoms with Crippen molar-refractivity contribution in [3.63, 3.8) is 0 Å². The molecule has 0 aliphatic heterocycles. The van der Waals surface area contributed by atoms with Gasteiger partial charge in [-0.3, -0.25) is 0 Å². The van der Waals surface area contributed by atoms with E-state index in [4.69, 9.17) is 5.73 Å². The van der Waals surface area contributed by atoms with Gasteiger partial charge in [-0.2, -0.15) is 0 Å². The molecule has 0 radical (unpaired) electrons. The maximum Gasteiger partial charge on any atom is 0.123 e. The summed E-state index contributed by atoms with van der Waals surface area (Å²) in [4.78, 5) is 0. The van der Waals surface area contributed by atoms with Gasteiger partial charge in [-0.1, -0.05) is 12.1 Å². The van der Waals surface area contributed by atoms with Gasteiger partial charge in [0.25, 0.3) is 0 Å². The van der Waals surface area contributed by atoms with Crippen molar-refractivity contribution in [2.75, 3.05) is 0 Å². The molecule has 0 bridgehead atoms. The second-order valence-corrected chi connectivity index (χ2v) is 4.04. The van der Waals surface area contributed by atoms with Gasteiger partial charge in [-0.05, 0) is 37.0 Å². The first-order valence-electron chi connectivity index (χ1n) is 4.84. The highest BCUT2D eigenvalue weighted by Gasteiger charge is 2.40. The van der Waals surface area contributed by atoms with Crippen molar-refractivity contribution in [1.82, 2.24) is 0 Å². The topological polar surface area (TPSA) is 46.2 Å². The van der Waals surface area contributed by atoms with Gasteiger partial charge < -0.3 is 10.8 Å². The number of benzene rings is 1. The maximum atomic E-state index is 12.9. The molecule has 2 rings (SSSR count). The largest absolute Gasteiger partial charge is 0.386 e. The molecule has 1 aromatic rings. The minimum atomic E-state index is -0.744. The van der Waals surface area contributed by atoms with Crippen molar-refractivity contribution in [2.45, 2.75) is 30.9 Å². The number of aliphatic hydroxyl groups is 1. The Hall–Kier alpha value is -0.930. The Bertz CT molecular complexity index is 336. The number of hydrogen-bond acceptors (Lipinski definition) is 2. The first-order chi connectivity index (χ1) is 6.62. The molecule has 1 unspecified atom stereocenters. The fourth-order valence-corrected chi connectivity index (χ4v) is 1.87. The zero-order valence-corrected chi connectivity index (χ0v) is 7.91. The fraction of sp³-hybridized carbons (Fsp3) is 0.455. The minimum absolute atomic E-state index is 0.329. The molecular weight excluding hydrogens is 181 g/mol. The third-order valence-electron chi connectivity index (χ3n) is 2.99. The lowest BCUT2D eigenvalue weighted by molar-refractivity contribution is 0.0335. The summed E-state index contributed by atoms with van der Waals surface area (Å²) in [7, 11) is 0. The SMILES string of the molecule is NC1(C(O)c2cccc(F)c2)CCC1. The van der Waals surface area contributed by atoms with Crippen molar-refractivity contribution in [3.05, 3.63) is 35.6 Å². The lowest BCUT2D eigenvalue weighted by Gasteiger charge is -2.42. The number of aliphatic hydroxyl groups excluding tert-OH is 1. The molecule has 0 aromatic heterocycles. The highest BCUT2D eigenvalue weighted by Crippen LogP contribution is 2.39. The molecule has 0 saturated heterocycles. The van der Waals surface area contributed by atoms with Crippen LogP contribution >= 0.6 is 0 Å². The monoisotopic (exact) mass is 195 g/mol. The van der Waals surface area contributed by atoms with Gasteiger partial charge in [0.15, 0.2) is 0 Å². The lowest BCUT2D eigenvalue weighted by Crippen LogP contribution is -2.51. The standard InChI is InChI=1S/C11H14FNO/c12-9-4-1-3-8(7-9)10(14)11(13)5-2-6-11/h1,3-4,7,10,14H,2,5-6,13H2. The van der Waals surface area contributed by atoms with E-state index < -0.39 is 11.6 Å². The number of halogens is 1. The van der Waals surface area contributed by atoms with E-state index in [-0.39, 0.29) is 5.82 Å². The average molecular weight is 195 g/mol. The van der Waals surface area contributed by atoms with E-state index in [9.17, 15) is 9.50 Å². The van der Waals surface area contributed by atoms with Crippen LogP contribution in [0.3, 0.4) is 0 Å². The molecule has 3 heteroatoms. The third kappa shape index (κ3) is 1.53. The summed E-state index contributed by atoms with van der Waals surface area (Å²) in [5.74, 6) is -0.329. The van der Waals surface area contributed by atoms with E-state index in [0.29, 0.717) is 5.56 Å². The summed E-state index contributed by atoms with van der Waals surface area (Å²) >= 11 is 0. The molecule has 1 aliphatic rings. The van der Waals surface area contributed by atoms with Crippen LogP contribution in [0.2, 0.25) is 0 Å². The van der Waals surface area contributed by atoms with Gasteiger partial charge in [0.1, 0.15) is 5.82 Å². The summed E-state index contributed by atoms with van der Waals surface area (Å²) in [5.41, 5.74) is 6.00. The van der Waals surface area contributed by atoms with E-state index in [1.54, 1.807) is 12.1 Å². The average Bonchev–Trinajstić information content (AvgIpc) is 2.13. The Morgan fingerprint density at radius 3 is 2.64 bits per heavy atom. The predicted octanol–water partition coefficient (Wildman–Crippen LogP) is 1.74. The molecule has 1 aromatic carbocycles. The minimum Gasteiger partial charge on any atom is -0.386 e. The van der Waals surface area contributed by atoms with Crippen LogP contribution in [0.25, 0.3) is 0 Å². The molecule has 0 amide bonds. The lowest BCUT2D eigenvalue weighted by atomic mass is 9.72. The molecule has 1 fully saturated rings. The third-order valence-corrected chi connectivity index (χ3v) is 2.99. The summed E-state index contributed by atoms with van der Waals surface area (Å²) in [6.07, 6.45) is 1.92. The Kier molecular flexibility index (Phi) is 2.29. The fourth-order valence-electron chi connectivity index (χ4n) is 1.87. The second kappa shape index (κ2) is 3.33. The van der Waals surface area contributed by atoms with Crippen LogP contribution in [0.15, 0.2) is 24.3 Å². The molecule has 1 aliphatic carbocycles. The molecular formula is C11H14FNO. The zero-order chi connectivity index (χ0) is 10.2. The quantitative estimate of drug-likeness (QED) is 0.755. The van der Waals surface area contributed by atoms with Crippen LogP contribution in [0.1, 0.15) is 30.9 Å². The summed E-state index contributed by atoms with van der Waals surface area (Å²) in [6, 6.07) is 6.01. The highest BCUT2D eigenvalue weighted by molar-refractivity contribution is 5.23. The van der Waals surface area contributed by atoms with Crippen LogP contribution < -0.4 is 5.73 Å². The van der Waals surface area contributed by atoms with Crippen LogP contribution in [0, 0.1) is 5.82 Å². The van der Waals surface area contributed by atoms with E-state index in [1.165, 1.54) is 12.1 Å². The van der Waals surface area contributed by atoms with Crippen molar-refractivity contribution in [1.29, 1.82) is 0 Å². The van der Waals surface area contributed by atoms with Gasteiger partial charge >= 0.3 is 0 Å². The van der Waals surface area contributed by atoms with E-state index in [0.717, 1.165) is 19.3 Å². The molecule has 76 valence electrons. The van der Waals surface area contributed by atoms with E-state index in [2.05, 4.69) is 0 Å². The van der Waals surface area contributed by atoms with Crippen LogP contribution in [0.5, 0.6) is 0 Å². The molecule has 0 heterocycles. The number of hydrogen-bond donors (Lipinski definition) is 2. The molecule has 1 saturated carbocycles. The Labute approximate surface area is 82.5 Å². The molecule has 1 atom stereocenters. The van der Waals surface area contributed by atoms with Gasteiger partial charge in [0.2, 0.25) is 0 Å². The Balaban J connectivity index is 2.22. The smallest absolute Gasteiger partial charge is 0.123 e. The van der Waals surface area contributed by atoms with E-state index >= 15 is 0 Å². The van der Waals surface area contributed by atoms with Crippen LogP contribution in [-0.2, 0) is 0 Å². The zero-order valence-electron chi connectivity index (χ0n) is 7.91. The first kappa shape index (κ1) is 9.62. The van der Waals surface area contributed by atoms with Crippen molar-refractivity contribution in [2.24, 2.45) is 5.73 Å². The Morgan fingerprint density at radius 2 is 2.14 bits per heavy atom. The second-order valence-electron chi connectivity index (χ2n) is 4.04. The molecule has 3 N–H and O–H groups in total. The van der Waals surface area contributed by atoms with Gasteiger partial charge in [-0.25, -0.2) is 4.39 Å².